The molecule has 0 aromatic carbocycles. The highest BCUT2D eigenvalue weighted by Crippen LogP contribution is 2.17. The predicted molar refractivity (Wildman–Crippen MR) is 43.1 cm³/mol. The highest BCUT2D eigenvalue weighted by molar-refractivity contribution is 5.65. The van der Waals surface area contributed by atoms with Gasteiger partial charge in [-0.3, -0.25) is 0 Å². The van der Waals surface area contributed by atoms with E-state index in [0.29, 0.717) is 4.68 Å². The van der Waals surface area contributed by atoms with Crippen molar-refractivity contribution in [1.29, 1.82) is 0 Å². The molecule has 1 heterocycles. The topological polar surface area (TPSA) is 67.2 Å². The number of carbonyl (C=O) groups is 1. The van der Waals surface area contributed by atoms with Gasteiger partial charge in [-0.1, -0.05) is 0 Å². The summed E-state index contributed by atoms with van der Waals surface area (Å²) in [6.07, 6.45) is -0.0684. The van der Waals surface area contributed by atoms with Crippen LogP contribution in [0.1, 0.15) is 25.2 Å². The fourth-order valence-corrected chi connectivity index (χ4v) is 1.09. The standard InChI is InChI=1S/C7H9F2N3O2/c1-4(11-7(13)14)5-2-3-10-12(5)6(8)9/h2-4,6,11H,1H3,(H,13,14)/t4-/m0/s1. The van der Waals surface area contributed by atoms with Gasteiger partial charge < -0.3 is 10.4 Å². The molecule has 1 rings (SSSR count). The number of aromatic nitrogens is 2. The van der Waals surface area contributed by atoms with Crippen LogP contribution in [0.5, 0.6) is 0 Å². The van der Waals surface area contributed by atoms with E-state index in [9.17, 15) is 13.6 Å². The Labute approximate surface area is 78.3 Å². The summed E-state index contributed by atoms with van der Waals surface area (Å²) in [5.41, 5.74) is 0.127. The molecular weight excluding hydrogens is 196 g/mol. The molecule has 78 valence electrons. The van der Waals surface area contributed by atoms with Gasteiger partial charge in [0.05, 0.1) is 11.7 Å². The number of nitrogens with one attached hydrogen (secondary N) is 1. The number of halogens is 2. The van der Waals surface area contributed by atoms with Gasteiger partial charge in [-0.2, -0.15) is 13.9 Å². The smallest absolute Gasteiger partial charge is 0.405 e. The van der Waals surface area contributed by atoms with Crippen molar-refractivity contribution in [2.45, 2.75) is 19.5 Å². The lowest BCUT2D eigenvalue weighted by Crippen LogP contribution is -2.26. The first kappa shape index (κ1) is 10.4. The summed E-state index contributed by atoms with van der Waals surface area (Å²) in [6.45, 7) is -1.30. The van der Waals surface area contributed by atoms with Crippen molar-refractivity contribution < 1.29 is 18.7 Å². The maximum absolute atomic E-state index is 12.3. The van der Waals surface area contributed by atoms with E-state index in [2.05, 4.69) is 10.4 Å². The van der Waals surface area contributed by atoms with E-state index < -0.39 is 18.7 Å². The molecule has 1 amide bonds. The van der Waals surface area contributed by atoms with E-state index in [0.717, 1.165) is 0 Å². The van der Waals surface area contributed by atoms with Crippen LogP contribution in [0.3, 0.4) is 0 Å². The molecule has 0 aliphatic rings. The van der Waals surface area contributed by atoms with Crippen LogP contribution in [0.2, 0.25) is 0 Å². The molecule has 14 heavy (non-hydrogen) atoms. The molecule has 0 aliphatic heterocycles. The molecule has 0 saturated heterocycles. The summed E-state index contributed by atoms with van der Waals surface area (Å²) in [4.78, 5) is 10.3. The molecule has 0 saturated carbocycles. The Morgan fingerprint density at radius 1 is 1.71 bits per heavy atom. The van der Waals surface area contributed by atoms with E-state index >= 15 is 0 Å². The van der Waals surface area contributed by atoms with Gasteiger partial charge in [-0.05, 0) is 13.0 Å². The van der Waals surface area contributed by atoms with Crippen LogP contribution in [0, 0.1) is 0 Å². The van der Waals surface area contributed by atoms with Crippen molar-refractivity contribution in [3.63, 3.8) is 0 Å². The third-order valence-electron chi connectivity index (χ3n) is 1.67. The van der Waals surface area contributed by atoms with Gasteiger partial charge in [-0.25, -0.2) is 9.48 Å². The van der Waals surface area contributed by atoms with Crippen molar-refractivity contribution in [2.24, 2.45) is 0 Å². The van der Waals surface area contributed by atoms with Gasteiger partial charge in [0.2, 0.25) is 0 Å². The molecule has 0 aliphatic carbocycles. The molecule has 0 spiro atoms. The Kier molecular flexibility index (Phi) is 3.00. The Morgan fingerprint density at radius 3 is 2.86 bits per heavy atom. The second-order valence-electron chi connectivity index (χ2n) is 2.65. The van der Waals surface area contributed by atoms with Crippen molar-refractivity contribution >= 4 is 6.09 Å². The van der Waals surface area contributed by atoms with Gasteiger partial charge in [0.25, 0.3) is 0 Å². The highest BCUT2D eigenvalue weighted by atomic mass is 19.3. The van der Waals surface area contributed by atoms with Crippen molar-refractivity contribution in [3.05, 3.63) is 18.0 Å². The molecule has 0 unspecified atom stereocenters. The first-order valence-corrected chi connectivity index (χ1v) is 3.83. The van der Waals surface area contributed by atoms with Gasteiger partial charge in [-0.15, -0.1) is 0 Å². The monoisotopic (exact) mass is 205 g/mol. The number of hydrogen-bond acceptors (Lipinski definition) is 2. The first-order valence-electron chi connectivity index (χ1n) is 3.83. The minimum absolute atomic E-state index is 0.127. The van der Waals surface area contributed by atoms with Crippen LogP contribution in [0.4, 0.5) is 13.6 Å². The zero-order valence-corrected chi connectivity index (χ0v) is 7.32. The lowest BCUT2D eigenvalue weighted by atomic mass is 10.2. The molecular formula is C7H9F2N3O2. The van der Waals surface area contributed by atoms with Gasteiger partial charge in [0.1, 0.15) is 0 Å². The van der Waals surface area contributed by atoms with E-state index in [-0.39, 0.29) is 5.69 Å². The average molecular weight is 205 g/mol. The Morgan fingerprint density at radius 2 is 2.36 bits per heavy atom. The maximum Gasteiger partial charge on any atom is 0.405 e. The summed E-state index contributed by atoms with van der Waals surface area (Å²) < 4.78 is 25.0. The molecule has 0 bridgehead atoms. The van der Waals surface area contributed by atoms with Crippen molar-refractivity contribution in [1.82, 2.24) is 15.1 Å². The molecule has 1 atom stereocenters. The molecule has 0 radical (unpaired) electrons. The molecule has 7 heteroatoms. The molecule has 1 aromatic rings. The normalized spacial score (nSPS) is 12.9. The number of alkyl halides is 2. The zero-order chi connectivity index (χ0) is 10.7. The first-order chi connectivity index (χ1) is 6.52. The number of carboxylic acid groups (broad SMARTS) is 1. The van der Waals surface area contributed by atoms with Crippen LogP contribution in [-0.4, -0.2) is 21.0 Å². The Hall–Kier alpha value is -1.66. The number of rotatable bonds is 3. The fourth-order valence-electron chi connectivity index (χ4n) is 1.09. The van der Waals surface area contributed by atoms with Crippen LogP contribution in [-0.2, 0) is 0 Å². The van der Waals surface area contributed by atoms with E-state index in [1.165, 1.54) is 19.2 Å². The average Bonchev–Trinajstić information content (AvgIpc) is 2.49. The van der Waals surface area contributed by atoms with Gasteiger partial charge >= 0.3 is 12.6 Å². The largest absolute Gasteiger partial charge is 0.465 e. The zero-order valence-electron chi connectivity index (χ0n) is 7.32. The van der Waals surface area contributed by atoms with E-state index in [1.807, 2.05) is 0 Å². The summed E-state index contributed by atoms with van der Waals surface area (Å²) in [5, 5.41) is 13.8. The van der Waals surface area contributed by atoms with Gasteiger partial charge in [0.15, 0.2) is 0 Å². The van der Waals surface area contributed by atoms with Crippen LogP contribution in [0.25, 0.3) is 0 Å². The molecule has 1 aromatic heterocycles. The SMILES string of the molecule is C[C@H](NC(=O)O)c1ccnn1C(F)F. The summed E-state index contributed by atoms with van der Waals surface area (Å²) in [7, 11) is 0. The fraction of sp³-hybridized carbons (Fsp3) is 0.429. The van der Waals surface area contributed by atoms with Crippen LogP contribution >= 0.6 is 0 Å². The van der Waals surface area contributed by atoms with E-state index in [1.54, 1.807) is 0 Å². The second-order valence-corrected chi connectivity index (χ2v) is 2.65. The lowest BCUT2D eigenvalue weighted by Gasteiger charge is -2.13. The maximum atomic E-state index is 12.3. The highest BCUT2D eigenvalue weighted by Gasteiger charge is 2.17. The van der Waals surface area contributed by atoms with Gasteiger partial charge in [0, 0.05) is 6.20 Å². The third kappa shape index (κ3) is 2.18. The Bertz CT molecular complexity index is 326. The third-order valence-corrected chi connectivity index (χ3v) is 1.67. The Balaban J connectivity index is 2.83. The number of hydrogen-bond donors (Lipinski definition) is 2. The van der Waals surface area contributed by atoms with Crippen molar-refractivity contribution in [3.8, 4) is 0 Å². The molecule has 0 fully saturated rings. The van der Waals surface area contributed by atoms with Crippen LogP contribution < -0.4 is 5.32 Å². The summed E-state index contributed by atoms with van der Waals surface area (Å²) >= 11 is 0. The molecule has 5 nitrogen and oxygen atoms in total. The van der Waals surface area contributed by atoms with Crippen molar-refractivity contribution in [2.75, 3.05) is 0 Å². The second kappa shape index (κ2) is 4.03. The lowest BCUT2D eigenvalue weighted by molar-refractivity contribution is 0.0517. The van der Waals surface area contributed by atoms with Crippen LogP contribution in [0.15, 0.2) is 12.3 Å². The predicted octanol–water partition coefficient (Wildman–Crippen LogP) is 1.61. The number of amides is 1. The minimum atomic E-state index is -2.77. The minimum Gasteiger partial charge on any atom is -0.465 e. The van der Waals surface area contributed by atoms with E-state index in [4.69, 9.17) is 5.11 Å². The molecule has 2 N–H and O–H groups in total. The number of nitrogens with zero attached hydrogens (tertiary/aromatic N) is 2. The quantitative estimate of drug-likeness (QED) is 0.787. The summed E-state index contributed by atoms with van der Waals surface area (Å²) in [5.74, 6) is 0. The summed E-state index contributed by atoms with van der Waals surface area (Å²) in [6, 6.07) is 0.622.